The molecular weight excluding hydrogens is 134 g/mol. The number of hydrazine groups is 1. The summed E-state index contributed by atoms with van der Waals surface area (Å²) < 4.78 is 0. The zero-order chi connectivity index (χ0) is 6.69. The molecule has 3 nitrogen and oxygen atoms in total. The van der Waals surface area contributed by atoms with Crippen molar-refractivity contribution in [1.29, 1.82) is 0 Å². The van der Waals surface area contributed by atoms with Crippen molar-refractivity contribution >= 4 is 16.5 Å². The van der Waals surface area contributed by atoms with E-state index < -0.39 is 0 Å². The number of hydrogen-bond acceptors (Lipinski definition) is 4. The van der Waals surface area contributed by atoms with E-state index in [0.29, 0.717) is 0 Å². The summed E-state index contributed by atoms with van der Waals surface area (Å²) in [6.07, 6.45) is 1.75. The Kier molecular flexibility index (Phi) is 2.02. The van der Waals surface area contributed by atoms with Gasteiger partial charge in [0, 0.05) is 18.1 Å². The van der Waals surface area contributed by atoms with Gasteiger partial charge < -0.3 is 0 Å². The van der Waals surface area contributed by atoms with E-state index in [4.69, 9.17) is 5.84 Å². The Balaban J connectivity index is 2.65. The van der Waals surface area contributed by atoms with Crippen LogP contribution in [0.4, 0.5) is 5.13 Å². The predicted molar refractivity (Wildman–Crippen MR) is 39.3 cm³/mol. The number of thiazole rings is 1. The topological polar surface area (TPSA) is 42.1 Å². The average Bonchev–Trinajstić information content (AvgIpc) is 2.37. The van der Waals surface area contributed by atoms with Gasteiger partial charge in [0.15, 0.2) is 5.13 Å². The van der Waals surface area contributed by atoms with Crippen LogP contribution in [0.5, 0.6) is 0 Å². The van der Waals surface area contributed by atoms with E-state index >= 15 is 0 Å². The highest BCUT2D eigenvalue weighted by molar-refractivity contribution is 7.13. The second-order valence-corrected chi connectivity index (χ2v) is 2.47. The standard InChI is InChI=1S/C5H9N3S/c1-2-8(6)5-7-3-4-9-5/h3-4H,2,6H2,1H3. The Morgan fingerprint density at radius 2 is 2.67 bits per heavy atom. The van der Waals surface area contributed by atoms with E-state index in [2.05, 4.69) is 4.98 Å². The molecule has 0 saturated carbocycles. The van der Waals surface area contributed by atoms with Crippen LogP contribution in [0.1, 0.15) is 6.92 Å². The molecule has 1 heterocycles. The van der Waals surface area contributed by atoms with E-state index in [1.165, 1.54) is 0 Å². The third kappa shape index (κ3) is 1.40. The Hall–Kier alpha value is -0.610. The second kappa shape index (κ2) is 2.80. The van der Waals surface area contributed by atoms with Gasteiger partial charge in [0.2, 0.25) is 0 Å². The summed E-state index contributed by atoms with van der Waals surface area (Å²) in [4.78, 5) is 4.01. The zero-order valence-corrected chi connectivity index (χ0v) is 6.06. The largest absolute Gasteiger partial charge is 0.286 e. The third-order valence-electron chi connectivity index (χ3n) is 1.01. The molecule has 0 amide bonds. The van der Waals surface area contributed by atoms with Gasteiger partial charge in [0.05, 0.1) is 0 Å². The van der Waals surface area contributed by atoms with Crippen LogP contribution in [0.3, 0.4) is 0 Å². The summed E-state index contributed by atoms with van der Waals surface area (Å²) >= 11 is 1.55. The van der Waals surface area contributed by atoms with Gasteiger partial charge in [-0.1, -0.05) is 0 Å². The van der Waals surface area contributed by atoms with Crippen LogP contribution in [-0.2, 0) is 0 Å². The molecule has 0 aliphatic rings. The van der Waals surface area contributed by atoms with Crippen LogP contribution in [0.25, 0.3) is 0 Å². The SMILES string of the molecule is CCN(N)c1nccs1. The Bertz CT molecular complexity index is 161. The Labute approximate surface area is 58.1 Å². The molecule has 0 aliphatic carbocycles. The first-order valence-electron chi connectivity index (χ1n) is 2.76. The highest BCUT2D eigenvalue weighted by atomic mass is 32.1. The number of hydrogen-bond donors (Lipinski definition) is 1. The van der Waals surface area contributed by atoms with Crippen LogP contribution < -0.4 is 10.9 Å². The number of aromatic nitrogens is 1. The average molecular weight is 143 g/mol. The van der Waals surface area contributed by atoms with Crippen LogP contribution in [0, 0.1) is 0 Å². The molecule has 1 aromatic rings. The van der Waals surface area contributed by atoms with Gasteiger partial charge in [0.1, 0.15) is 0 Å². The lowest BCUT2D eigenvalue weighted by Crippen LogP contribution is -2.29. The van der Waals surface area contributed by atoms with Gasteiger partial charge in [-0.15, -0.1) is 11.3 Å². The number of anilines is 1. The summed E-state index contributed by atoms with van der Waals surface area (Å²) in [5.74, 6) is 5.52. The zero-order valence-electron chi connectivity index (χ0n) is 5.24. The fourth-order valence-corrected chi connectivity index (χ4v) is 1.12. The van der Waals surface area contributed by atoms with Gasteiger partial charge in [-0.05, 0) is 6.92 Å². The second-order valence-electron chi connectivity index (χ2n) is 1.60. The molecule has 1 aromatic heterocycles. The summed E-state index contributed by atoms with van der Waals surface area (Å²) in [5.41, 5.74) is 0. The predicted octanol–water partition coefficient (Wildman–Crippen LogP) is 0.843. The van der Waals surface area contributed by atoms with E-state index in [1.54, 1.807) is 22.5 Å². The molecule has 4 heteroatoms. The molecule has 0 aliphatic heterocycles. The molecule has 0 atom stereocenters. The van der Waals surface area contributed by atoms with E-state index in [9.17, 15) is 0 Å². The van der Waals surface area contributed by atoms with Gasteiger partial charge >= 0.3 is 0 Å². The third-order valence-corrected chi connectivity index (χ3v) is 1.81. The molecule has 0 saturated heterocycles. The van der Waals surface area contributed by atoms with Crippen molar-refractivity contribution in [3.8, 4) is 0 Å². The van der Waals surface area contributed by atoms with Crippen LogP contribution >= 0.6 is 11.3 Å². The minimum absolute atomic E-state index is 0.799. The van der Waals surface area contributed by atoms with Gasteiger partial charge in [-0.2, -0.15) is 0 Å². The summed E-state index contributed by atoms with van der Waals surface area (Å²) in [5, 5.41) is 4.40. The van der Waals surface area contributed by atoms with Crippen molar-refractivity contribution in [1.82, 2.24) is 4.98 Å². The highest BCUT2D eigenvalue weighted by Gasteiger charge is 1.97. The lowest BCUT2D eigenvalue weighted by Gasteiger charge is -2.10. The molecule has 0 bridgehead atoms. The van der Waals surface area contributed by atoms with Crippen molar-refractivity contribution < 1.29 is 0 Å². The fraction of sp³-hybridized carbons (Fsp3) is 0.400. The lowest BCUT2D eigenvalue weighted by atomic mass is 10.7. The van der Waals surface area contributed by atoms with Crippen molar-refractivity contribution in [2.45, 2.75) is 6.92 Å². The fourth-order valence-electron chi connectivity index (χ4n) is 0.493. The molecule has 0 spiro atoms. The summed E-state index contributed by atoms with van der Waals surface area (Å²) in [6, 6.07) is 0. The maximum Gasteiger partial charge on any atom is 0.199 e. The van der Waals surface area contributed by atoms with E-state index in [0.717, 1.165) is 11.7 Å². The molecule has 0 aromatic carbocycles. The maximum atomic E-state index is 5.52. The van der Waals surface area contributed by atoms with Crippen molar-refractivity contribution in [2.75, 3.05) is 11.6 Å². The Morgan fingerprint density at radius 3 is 3.11 bits per heavy atom. The minimum atomic E-state index is 0.799. The summed E-state index contributed by atoms with van der Waals surface area (Å²) in [6.45, 7) is 2.79. The first-order chi connectivity index (χ1) is 4.34. The van der Waals surface area contributed by atoms with E-state index in [1.807, 2.05) is 12.3 Å². The Morgan fingerprint density at radius 1 is 1.89 bits per heavy atom. The summed E-state index contributed by atoms with van der Waals surface area (Å²) in [7, 11) is 0. The van der Waals surface area contributed by atoms with Gasteiger partial charge in [-0.3, -0.25) is 5.01 Å². The maximum absolute atomic E-state index is 5.52. The van der Waals surface area contributed by atoms with Crippen LogP contribution in [-0.4, -0.2) is 11.5 Å². The molecule has 9 heavy (non-hydrogen) atoms. The molecule has 50 valence electrons. The highest BCUT2D eigenvalue weighted by Crippen LogP contribution is 2.12. The molecule has 0 radical (unpaired) electrons. The van der Waals surface area contributed by atoms with E-state index in [-0.39, 0.29) is 0 Å². The van der Waals surface area contributed by atoms with Crippen molar-refractivity contribution in [2.24, 2.45) is 5.84 Å². The van der Waals surface area contributed by atoms with Gasteiger partial charge in [0.25, 0.3) is 0 Å². The normalized spacial score (nSPS) is 9.56. The monoisotopic (exact) mass is 143 g/mol. The molecular formula is C5H9N3S. The quantitative estimate of drug-likeness (QED) is 0.493. The van der Waals surface area contributed by atoms with Crippen molar-refractivity contribution in [3.05, 3.63) is 11.6 Å². The molecule has 0 unspecified atom stereocenters. The molecule has 2 N–H and O–H groups in total. The van der Waals surface area contributed by atoms with Crippen molar-refractivity contribution in [3.63, 3.8) is 0 Å². The number of nitrogens with zero attached hydrogens (tertiary/aromatic N) is 2. The first-order valence-corrected chi connectivity index (χ1v) is 3.64. The first kappa shape index (κ1) is 6.51. The molecule has 0 fully saturated rings. The molecule has 1 rings (SSSR count). The lowest BCUT2D eigenvalue weighted by molar-refractivity contribution is 0.884. The van der Waals surface area contributed by atoms with Crippen LogP contribution in [0.15, 0.2) is 11.6 Å². The number of rotatable bonds is 2. The number of nitrogens with two attached hydrogens (primary N) is 1. The van der Waals surface area contributed by atoms with Crippen LogP contribution in [0.2, 0.25) is 0 Å². The van der Waals surface area contributed by atoms with Gasteiger partial charge in [-0.25, -0.2) is 10.8 Å². The minimum Gasteiger partial charge on any atom is -0.286 e. The smallest absolute Gasteiger partial charge is 0.199 e.